The van der Waals surface area contributed by atoms with Crippen molar-refractivity contribution in [2.24, 2.45) is 0 Å². The van der Waals surface area contributed by atoms with Crippen molar-refractivity contribution in [3.05, 3.63) is 35.4 Å². The fourth-order valence-electron chi connectivity index (χ4n) is 2.41. The Morgan fingerprint density at radius 1 is 1.37 bits per heavy atom. The van der Waals surface area contributed by atoms with E-state index in [1.165, 1.54) is 7.11 Å². The van der Waals surface area contributed by atoms with Crippen LogP contribution in [0.25, 0.3) is 0 Å². The monoisotopic (exact) mass is 261 g/mol. The minimum atomic E-state index is -0.220. The standard InChI is InChI=1S/C15H19NO3/c1-19-14(17)9-5-11-16-10-4-7-12-6-2-3-8-13(12)15(16)18/h2-3,6,8H,4-5,7,9-11H2,1H3. The first-order chi connectivity index (χ1) is 9.22. The molecule has 4 nitrogen and oxygen atoms in total. The van der Waals surface area contributed by atoms with Gasteiger partial charge in [-0.3, -0.25) is 9.59 Å². The highest BCUT2D eigenvalue weighted by molar-refractivity contribution is 5.96. The summed E-state index contributed by atoms with van der Waals surface area (Å²) in [6, 6.07) is 7.77. The number of nitrogens with zero attached hydrogens (tertiary/aromatic N) is 1. The Kier molecular flexibility index (Phi) is 4.55. The minimum Gasteiger partial charge on any atom is -0.469 e. The Balaban J connectivity index is 1.99. The number of carbonyl (C=O) groups excluding carboxylic acids is 2. The van der Waals surface area contributed by atoms with E-state index in [-0.39, 0.29) is 11.9 Å². The summed E-state index contributed by atoms with van der Waals surface area (Å²) < 4.78 is 4.61. The van der Waals surface area contributed by atoms with Gasteiger partial charge in [-0.1, -0.05) is 18.2 Å². The Morgan fingerprint density at radius 2 is 2.16 bits per heavy atom. The lowest BCUT2D eigenvalue weighted by molar-refractivity contribution is -0.140. The zero-order valence-electron chi connectivity index (χ0n) is 11.2. The van der Waals surface area contributed by atoms with E-state index < -0.39 is 0 Å². The molecule has 0 saturated carbocycles. The van der Waals surface area contributed by atoms with E-state index in [0.717, 1.165) is 30.5 Å². The number of esters is 1. The Morgan fingerprint density at radius 3 is 2.95 bits per heavy atom. The molecule has 102 valence electrons. The number of amides is 1. The normalized spacial score (nSPS) is 14.8. The van der Waals surface area contributed by atoms with E-state index in [9.17, 15) is 9.59 Å². The summed E-state index contributed by atoms with van der Waals surface area (Å²) in [7, 11) is 1.38. The zero-order valence-corrected chi connectivity index (χ0v) is 11.2. The fraction of sp³-hybridized carbons (Fsp3) is 0.467. The van der Waals surface area contributed by atoms with Gasteiger partial charge in [0.15, 0.2) is 0 Å². The number of carbonyl (C=O) groups is 2. The molecule has 19 heavy (non-hydrogen) atoms. The SMILES string of the molecule is COC(=O)CCCN1CCCc2ccccc2C1=O. The van der Waals surface area contributed by atoms with Crippen LogP contribution in [0.4, 0.5) is 0 Å². The van der Waals surface area contributed by atoms with Crippen LogP contribution in [0.1, 0.15) is 35.2 Å². The summed E-state index contributed by atoms with van der Waals surface area (Å²) in [5, 5.41) is 0. The maximum atomic E-state index is 12.4. The zero-order chi connectivity index (χ0) is 13.7. The summed E-state index contributed by atoms with van der Waals surface area (Å²) in [6.45, 7) is 1.37. The second kappa shape index (κ2) is 6.36. The molecule has 1 aromatic carbocycles. The minimum absolute atomic E-state index is 0.0814. The molecule has 1 aliphatic rings. The molecule has 0 aliphatic carbocycles. The van der Waals surface area contributed by atoms with Crippen LogP contribution < -0.4 is 0 Å². The van der Waals surface area contributed by atoms with E-state index in [1.807, 2.05) is 29.2 Å². The largest absolute Gasteiger partial charge is 0.469 e. The van der Waals surface area contributed by atoms with Gasteiger partial charge in [-0.15, -0.1) is 0 Å². The number of ether oxygens (including phenoxy) is 1. The van der Waals surface area contributed by atoms with Crippen molar-refractivity contribution in [1.29, 1.82) is 0 Å². The van der Waals surface area contributed by atoms with Crippen molar-refractivity contribution in [3.63, 3.8) is 0 Å². The van der Waals surface area contributed by atoms with E-state index in [4.69, 9.17) is 0 Å². The molecule has 0 N–H and O–H groups in total. The second-order valence-corrected chi connectivity index (χ2v) is 4.73. The van der Waals surface area contributed by atoms with Gasteiger partial charge in [-0.25, -0.2) is 0 Å². The van der Waals surface area contributed by atoms with Gasteiger partial charge in [0.2, 0.25) is 0 Å². The molecule has 1 heterocycles. The first-order valence-electron chi connectivity index (χ1n) is 6.66. The number of aryl methyl sites for hydroxylation is 1. The van der Waals surface area contributed by atoms with Crippen LogP contribution in [0.3, 0.4) is 0 Å². The fourth-order valence-corrected chi connectivity index (χ4v) is 2.41. The molecule has 1 aliphatic heterocycles. The van der Waals surface area contributed by atoms with Crippen molar-refractivity contribution in [2.45, 2.75) is 25.7 Å². The van der Waals surface area contributed by atoms with Crippen LogP contribution in [0.2, 0.25) is 0 Å². The third-order valence-electron chi connectivity index (χ3n) is 3.45. The highest BCUT2D eigenvalue weighted by Crippen LogP contribution is 2.18. The van der Waals surface area contributed by atoms with Crippen molar-refractivity contribution in [2.75, 3.05) is 20.2 Å². The van der Waals surface area contributed by atoms with Gasteiger partial charge in [-0.2, -0.15) is 0 Å². The van der Waals surface area contributed by atoms with E-state index in [1.54, 1.807) is 0 Å². The first kappa shape index (κ1) is 13.6. The molecule has 0 bridgehead atoms. The number of hydrogen-bond acceptors (Lipinski definition) is 3. The van der Waals surface area contributed by atoms with E-state index in [2.05, 4.69) is 4.74 Å². The third kappa shape index (κ3) is 3.34. The maximum absolute atomic E-state index is 12.4. The average molecular weight is 261 g/mol. The summed E-state index contributed by atoms with van der Waals surface area (Å²) >= 11 is 0. The maximum Gasteiger partial charge on any atom is 0.305 e. The predicted molar refractivity (Wildman–Crippen MR) is 71.9 cm³/mol. The molecule has 0 fully saturated rings. The number of hydrogen-bond donors (Lipinski definition) is 0. The predicted octanol–water partition coefficient (Wildman–Crippen LogP) is 2.03. The molecule has 2 rings (SSSR count). The van der Waals surface area contributed by atoms with Crippen molar-refractivity contribution >= 4 is 11.9 Å². The molecule has 0 aromatic heterocycles. The Hall–Kier alpha value is -1.84. The number of benzene rings is 1. The Labute approximate surface area is 113 Å². The Bertz CT molecular complexity index is 470. The van der Waals surface area contributed by atoms with Crippen LogP contribution in [0.5, 0.6) is 0 Å². The van der Waals surface area contributed by atoms with Gasteiger partial charge in [0.05, 0.1) is 7.11 Å². The van der Waals surface area contributed by atoms with Gasteiger partial charge in [-0.05, 0) is 30.9 Å². The van der Waals surface area contributed by atoms with Gasteiger partial charge < -0.3 is 9.64 Å². The van der Waals surface area contributed by atoms with Crippen molar-refractivity contribution in [1.82, 2.24) is 4.90 Å². The summed E-state index contributed by atoms with van der Waals surface area (Å²) in [4.78, 5) is 25.3. The molecule has 0 unspecified atom stereocenters. The van der Waals surface area contributed by atoms with Gasteiger partial charge in [0.1, 0.15) is 0 Å². The third-order valence-corrected chi connectivity index (χ3v) is 3.45. The lowest BCUT2D eigenvalue weighted by atomic mass is 10.0. The molecule has 4 heteroatoms. The van der Waals surface area contributed by atoms with Crippen LogP contribution in [-0.4, -0.2) is 37.0 Å². The summed E-state index contributed by atoms with van der Waals surface area (Å²) in [5.41, 5.74) is 1.93. The molecule has 1 aromatic rings. The average Bonchev–Trinajstić information content (AvgIpc) is 2.59. The first-order valence-corrected chi connectivity index (χ1v) is 6.66. The number of methoxy groups -OCH3 is 1. The number of rotatable bonds is 4. The molecule has 0 radical (unpaired) electrons. The molecule has 0 spiro atoms. The van der Waals surface area contributed by atoms with Crippen molar-refractivity contribution < 1.29 is 14.3 Å². The quantitative estimate of drug-likeness (QED) is 0.779. The van der Waals surface area contributed by atoms with Gasteiger partial charge in [0.25, 0.3) is 5.91 Å². The van der Waals surface area contributed by atoms with Crippen LogP contribution in [-0.2, 0) is 16.0 Å². The van der Waals surface area contributed by atoms with Crippen LogP contribution in [0, 0.1) is 0 Å². The molecular weight excluding hydrogens is 242 g/mol. The highest BCUT2D eigenvalue weighted by Gasteiger charge is 2.21. The smallest absolute Gasteiger partial charge is 0.305 e. The van der Waals surface area contributed by atoms with Crippen molar-refractivity contribution in [3.8, 4) is 0 Å². The van der Waals surface area contributed by atoms with E-state index in [0.29, 0.717) is 19.4 Å². The lowest BCUT2D eigenvalue weighted by Crippen LogP contribution is -2.32. The summed E-state index contributed by atoms with van der Waals surface area (Å²) in [6.07, 6.45) is 2.93. The van der Waals surface area contributed by atoms with Gasteiger partial charge in [0, 0.05) is 25.1 Å². The van der Waals surface area contributed by atoms with Crippen LogP contribution in [0.15, 0.2) is 24.3 Å². The van der Waals surface area contributed by atoms with E-state index >= 15 is 0 Å². The second-order valence-electron chi connectivity index (χ2n) is 4.73. The number of fused-ring (bicyclic) bond motifs is 1. The molecule has 0 atom stereocenters. The molecule has 0 saturated heterocycles. The van der Waals surface area contributed by atoms with Gasteiger partial charge >= 0.3 is 5.97 Å². The molecular formula is C15H19NO3. The topological polar surface area (TPSA) is 46.6 Å². The van der Waals surface area contributed by atoms with Crippen LogP contribution >= 0.6 is 0 Å². The molecule has 1 amide bonds. The lowest BCUT2D eigenvalue weighted by Gasteiger charge is -2.20. The summed E-state index contributed by atoms with van der Waals surface area (Å²) in [5.74, 6) is -0.138. The highest BCUT2D eigenvalue weighted by atomic mass is 16.5.